The maximum atomic E-state index is 13.9. The van der Waals surface area contributed by atoms with Crippen LogP contribution in [-0.4, -0.2) is 47.6 Å². The lowest BCUT2D eigenvalue weighted by atomic mass is 9.70. The second-order valence-corrected chi connectivity index (χ2v) is 6.44. The molecule has 9 nitrogen and oxygen atoms in total. The maximum absolute atomic E-state index is 13.9. The highest BCUT2D eigenvalue weighted by atomic mass is 19.4. The van der Waals surface area contributed by atoms with Gasteiger partial charge in [0.2, 0.25) is 5.72 Å². The maximum Gasteiger partial charge on any atom is 0.437 e. The van der Waals surface area contributed by atoms with Gasteiger partial charge < -0.3 is 19.9 Å². The molecule has 30 heavy (non-hydrogen) atoms. The molecule has 164 valence electrons. The van der Waals surface area contributed by atoms with Crippen LogP contribution >= 0.6 is 0 Å². The SMILES string of the molecule is CCOC(=O)C1C(c2ccccc2[N+](=O)[O-])C(C(=O)OC)=C(C)NC1(O)C(F)(F)F. The molecule has 0 aliphatic carbocycles. The average Bonchev–Trinajstić information content (AvgIpc) is 2.66. The van der Waals surface area contributed by atoms with Crippen molar-refractivity contribution in [2.45, 2.75) is 31.7 Å². The molecule has 1 heterocycles. The number of para-hydroxylation sites is 1. The first-order valence-corrected chi connectivity index (χ1v) is 8.67. The summed E-state index contributed by atoms with van der Waals surface area (Å²) in [4.78, 5) is 35.7. The zero-order chi connectivity index (χ0) is 22.9. The number of nitrogens with zero attached hydrogens (tertiary/aromatic N) is 1. The first-order valence-electron chi connectivity index (χ1n) is 8.67. The number of nitro groups is 1. The van der Waals surface area contributed by atoms with Gasteiger partial charge in [-0.05, 0) is 13.8 Å². The monoisotopic (exact) mass is 432 g/mol. The van der Waals surface area contributed by atoms with Crippen molar-refractivity contribution in [3.05, 3.63) is 51.2 Å². The molecule has 0 saturated heterocycles. The van der Waals surface area contributed by atoms with Crippen LogP contribution in [0.25, 0.3) is 0 Å². The minimum Gasteiger partial charge on any atom is -0.466 e. The number of carbonyl (C=O) groups excluding carboxylic acids is 2. The van der Waals surface area contributed by atoms with Crippen molar-refractivity contribution < 1.29 is 42.3 Å². The highest BCUT2D eigenvalue weighted by Crippen LogP contribution is 2.50. The molecule has 0 bridgehead atoms. The molecule has 3 atom stereocenters. The van der Waals surface area contributed by atoms with E-state index in [-0.39, 0.29) is 12.2 Å². The van der Waals surface area contributed by atoms with Gasteiger partial charge in [0, 0.05) is 23.2 Å². The fourth-order valence-electron chi connectivity index (χ4n) is 3.50. The summed E-state index contributed by atoms with van der Waals surface area (Å²) < 4.78 is 51.1. The van der Waals surface area contributed by atoms with Crippen LogP contribution in [0.2, 0.25) is 0 Å². The van der Waals surface area contributed by atoms with E-state index in [1.54, 1.807) is 5.32 Å². The zero-order valence-electron chi connectivity index (χ0n) is 16.1. The summed E-state index contributed by atoms with van der Waals surface area (Å²) in [7, 11) is 0.961. The van der Waals surface area contributed by atoms with Crippen LogP contribution < -0.4 is 5.32 Å². The van der Waals surface area contributed by atoms with Crippen molar-refractivity contribution in [2.75, 3.05) is 13.7 Å². The largest absolute Gasteiger partial charge is 0.466 e. The Morgan fingerprint density at radius 2 is 1.93 bits per heavy atom. The van der Waals surface area contributed by atoms with Crippen LogP contribution in [0.4, 0.5) is 18.9 Å². The lowest BCUT2D eigenvalue weighted by molar-refractivity contribution is -0.386. The third-order valence-corrected chi connectivity index (χ3v) is 4.72. The molecule has 1 aromatic rings. The molecule has 12 heteroatoms. The third kappa shape index (κ3) is 3.82. The van der Waals surface area contributed by atoms with Gasteiger partial charge in [-0.25, -0.2) is 4.79 Å². The molecule has 1 aliphatic rings. The molecule has 0 fully saturated rings. The summed E-state index contributed by atoms with van der Waals surface area (Å²) in [5.41, 5.74) is -5.82. The number of hydrogen-bond donors (Lipinski definition) is 2. The smallest absolute Gasteiger partial charge is 0.437 e. The number of alkyl halides is 3. The number of halogens is 3. The topological polar surface area (TPSA) is 128 Å². The summed E-state index contributed by atoms with van der Waals surface area (Å²) in [6.45, 7) is 2.07. The van der Waals surface area contributed by atoms with E-state index in [0.717, 1.165) is 26.2 Å². The Bertz CT molecular complexity index is 900. The van der Waals surface area contributed by atoms with E-state index >= 15 is 0 Å². The number of aliphatic hydroxyl groups is 1. The normalized spacial score (nSPS) is 24.1. The van der Waals surface area contributed by atoms with Gasteiger partial charge in [-0.3, -0.25) is 14.9 Å². The Morgan fingerprint density at radius 1 is 1.33 bits per heavy atom. The van der Waals surface area contributed by atoms with Crippen molar-refractivity contribution >= 4 is 17.6 Å². The Balaban J connectivity index is 2.94. The Hall–Kier alpha value is -3.15. The summed E-state index contributed by atoms with van der Waals surface area (Å²) in [6.07, 6.45) is -5.41. The Morgan fingerprint density at radius 3 is 2.43 bits per heavy atom. The predicted molar refractivity (Wildman–Crippen MR) is 94.8 cm³/mol. The van der Waals surface area contributed by atoms with Crippen LogP contribution in [-0.2, 0) is 19.1 Å². The first-order chi connectivity index (χ1) is 13.9. The van der Waals surface area contributed by atoms with Crippen molar-refractivity contribution in [1.29, 1.82) is 0 Å². The second-order valence-electron chi connectivity index (χ2n) is 6.44. The van der Waals surface area contributed by atoms with Crippen LogP contribution in [0.1, 0.15) is 25.3 Å². The number of carbonyl (C=O) groups is 2. The molecular weight excluding hydrogens is 413 g/mol. The first kappa shape index (κ1) is 23.1. The van der Waals surface area contributed by atoms with E-state index in [2.05, 4.69) is 4.74 Å². The Kier molecular flexibility index (Phi) is 6.40. The fourth-order valence-corrected chi connectivity index (χ4v) is 3.50. The summed E-state index contributed by atoms with van der Waals surface area (Å²) in [5, 5.41) is 23.9. The number of nitrogens with one attached hydrogen (secondary N) is 1. The minimum atomic E-state index is -5.41. The van der Waals surface area contributed by atoms with E-state index < -0.39 is 57.6 Å². The zero-order valence-corrected chi connectivity index (χ0v) is 16.1. The van der Waals surface area contributed by atoms with E-state index in [4.69, 9.17) is 4.74 Å². The molecule has 1 aromatic carbocycles. The number of rotatable bonds is 5. The van der Waals surface area contributed by atoms with E-state index in [1.165, 1.54) is 19.1 Å². The lowest BCUT2D eigenvalue weighted by Crippen LogP contribution is -2.67. The van der Waals surface area contributed by atoms with Crippen molar-refractivity contribution in [3.8, 4) is 0 Å². The lowest BCUT2D eigenvalue weighted by Gasteiger charge is -2.45. The van der Waals surface area contributed by atoms with Gasteiger partial charge in [0.05, 0.1) is 24.2 Å². The number of methoxy groups -OCH3 is 1. The Labute approximate surface area is 168 Å². The highest BCUT2D eigenvalue weighted by molar-refractivity contribution is 5.94. The van der Waals surface area contributed by atoms with Crippen LogP contribution in [0.5, 0.6) is 0 Å². The van der Waals surface area contributed by atoms with Gasteiger partial charge in [-0.2, -0.15) is 13.2 Å². The number of esters is 2. The number of benzene rings is 1. The molecular formula is C18H19F3N2O7. The predicted octanol–water partition coefficient (Wildman–Crippen LogP) is 2.16. The number of hydrogen-bond acceptors (Lipinski definition) is 8. The molecule has 2 N–H and O–H groups in total. The van der Waals surface area contributed by atoms with Gasteiger partial charge in [0.15, 0.2) is 0 Å². The minimum absolute atomic E-state index is 0.330. The fraction of sp³-hybridized carbons (Fsp3) is 0.444. The van der Waals surface area contributed by atoms with Crippen molar-refractivity contribution in [2.24, 2.45) is 5.92 Å². The van der Waals surface area contributed by atoms with E-state index in [1.807, 2.05) is 0 Å². The number of ether oxygens (including phenoxy) is 2. The average molecular weight is 432 g/mol. The van der Waals surface area contributed by atoms with Crippen LogP contribution in [0.3, 0.4) is 0 Å². The summed E-state index contributed by atoms with van der Waals surface area (Å²) in [6, 6.07) is 4.68. The molecule has 0 aromatic heterocycles. The standard InChI is InChI=1S/C18H19F3N2O7/c1-4-30-16(25)14-13(10-7-5-6-8-11(10)23(27)28)12(15(24)29-3)9(2)22-17(14,26)18(19,20)21/h5-8,13-14,22,26H,4H2,1-3H3. The highest BCUT2D eigenvalue weighted by Gasteiger charge is 2.67. The van der Waals surface area contributed by atoms with Gasteiger partial charge in [-0.15, -0.1) is 0 Å². The molecule has 0 radical (unpaired) electrons. The van der Waals surface area contributed by atoms with Crippen LogP contribution in [0.15, 0.2) is 35.5 Å². The van der Waals surface area contributed by atoms with Gasteiger partial charge in [0.1, 0.15) is 5.92 Å². The van der Waals surface area contributed by atoms with E-state index in [0.29, 0.717) is 0 Å². The molecule has 3 unspecified atom stereocenters. The van der Waals surface area contributed by atoms with Gasteiger partial charge >= 0.3 is 18.1 Å². The summed E-state index contributed by atoms with van der Waals surface area (Å²) >= 11 is 0. The van der Waals surface area contributed by atoms with Crippen LogP contribution in [0, 0.1) is 16.0 Å². The molecule has 0 spiro atoms. The number of allylic oxidation sites excluding steroid dienone is 1. The molecule has 0 amide bonds. The molecule has 1 aliphatic heterocycles. The van der Waals surface area contributed by atoms with Gasteiger partial charge in [-0.1, -0.05) is 18.2 Å². The molecule has 0 saturated carbocycles. The number of nitro benzene ring substituents is 1. The second kappa shape index (κ2) is 8.30. The van der Waals surface area contributed by atoms with E-state index in [9.17, 15) is 38.0 Å². The van der Waals surface area contributed by atoms with Crippen molar-refractivity contribution in [3.63, 3.8) is 0 Å². The summed E-state index contributed by atoms with van der Waals surface area (Å²) in [5.74, 6) is -6.98. The van der Waals surface area contributed by atoms with Crippen molar-refractivity contribution in [1.82, 2.24) is 5.32 Å². The molecule has 2 rings (SSSR count). The van der Waals surface area contributed by atoms with Gasteiger partial charge in [0.25, 0.3) is 5.69 Å². The quantitative estimate of drug-likeness (QED) is 0.412. The third-order valence-electron chi connectivity index (χ3n) is 4.72.